The summed E-state index contributed by atoms with van der Waals surface area (Å²) in [5.41, 5.74) is 0. The van der Waals surface area contributed by atoms with Gasteiger partial charge in [-0.2, -0.15) is 0 Å². The number of allylic oxidation sites excluding steroid dienone is 4. The molecule has 0 radical (unpaired) electrons. The molecule has 2 unspecified atom stereocenters. The molecule has 6 heteroatoms. The molecule has 0 aromatic rings. The maximum atomic E-state index is 12.6. The quantitative estimate of drug-likeness (QED) is 0.0320. The van der Waals surface area contributed by atoms with Gasteiger partial charge in [0, 0.05) is 12.8 Å². The van der Waals surface area contributed by atoms with E-state index in [9.17, 15) is 19.8 Å². The summed E-state index contributed by atoms with van der Waals surface area (Å²) >= 11 is 0. The van der Waals surface area contributed by atoms with Crippen LogP contribution in [0.5, 0.6) is 0 Å². The Labute approximate surface area is 539 Å². The third-order valence-corrected chi connectivity index (χ3v) is 18.7. The lowest BCUT2D eigenvalue weighted by molar-refractivity contribution is -0.143. The van der Waals surface area contributed by atoms with Crippen molar-refractivity contribution in [3.63, 3.8) is 0 Å². The number of unbranched alkanes of at least 4 members (excludes halogenated alkanes) is 60. The van der Waals surface area contributed by atoms with Crippen LogP contribution >= 0.6 is 0 Å². The number of amides is 1. The van der Waals surface area contributed by atoms with Gasteiger partial charge in [-0.3, -0.25) is 9.59 Å². The maximum Gasteiger partial charge on any atom is 0.305 e. The van der Waals surface area contributed by atoms with Gasteiger partial charge in [-0.05, 0) is 77.0 Å². The Bertz CT molecular complexity index is 1350. The van der Waals surface area contributed by atoms with Gasteiger partial charge in [-0.25, -0.2) is 0 Å². The Morgan fingerprint density at radius 3 is 0.826 bits per heavy atom. The van der Waals surface area contributed by atoms with E-state index in [1.807, 2.05) is 0 Å². The monoisotopic (exact) mass is 1210 g/mol. The SMILES string of the molecule is CCCCCCCC/C=C\CCCCCCCC(=O)OCCCCCCCCCCCCCC/C=C\CCCCCCCCCCCCCCCC(=O)NC(CO)C(O)CCCCCCCCCCCCCCCCCCCCCCCCCCC. The van der Waals surface area contributed by atoms with Crippen LogP contribution in [0.15, 0.2) is 24.3 Å². The molecule has 0 heterocycles. The summed E-state index contributed by atoms with van der Waals surface area (Å²) in [5, 5.41) is 23.5. The summed E-state index contributed by atoms with van der Waals surface area (Å²) in [6.45, 7) is 4.99. The highest BCUT2D eigenvalue weighted by Gasteiger charge is 2.20. The second-order valence-corrected chi connectivity index (χ2v) is 27.4. The number of carbonyl (C=O) groups is 2. The van der Waals surface area contributed by atoms with E-state index in [4.69, 9.17) is 4.74 Å². The molecule has 1 amide bonds. The summed E-state index contributed by atoms with van der Waals surface area (Å²) in [6.07, 6.45) is 96.9. The second-order valence-electron chi connectivity index (χ2n) is 27.4. The number of nitrogens with one attached hydrogen (secondary N) is 1. The van der Waals surface area contributed by atoms with E-state index in [2.05, 4.69) is 43.5 Å². The first kappa shape index (κ1) is 84.3. The Balaban J connectivity index is 3.37. The summed E-state index contributed by atoms with van der Waals surface area (Å²) in [7, 11) is 0. The van der Waals surface area contributed by atoms with Crippen LogP contribution in [0.1, 0.15) is 450 Å². The predicted octanol–water partition coefficient (Wildman–Crippen LogP) is 26.0. The summed E-state index contributed by atoms with van der Waals surface area (Å²) in [4.78, 5) is 24.7. The van der Waals surface area contributed by atoms with Crippen molar-refractivity contribution in [3.8, 4) is 0 Å². The lowest BCUT2D eigenvalue weighted by Gasteiger charge is -2.22. The molecule has 0 aromatic carbocycles. The number of carbonyl (C=O) groups excluding carboxylic acids is 2. The average molecular weight is 1210 g/mol. The fraction of sp³-hybridized carbons (Fsp3) is 0.925. The molecule has 510 valence electrons. The van der Waals surface area contributed by atoms with Gasteiger partial charge in [0.15, 0.2) is 0 Å². The molecule has 0 aliphatic heterocycles. The summed E-state index contributed by atoms with van der Waals surface area (Å²) < 4.78 is 5.49. The average Bonchev–Trinajstić information content (AvgIpc) is 3.54. The molecule has 0 fully saturated rings. The number of aliphatic hydroxyl groups excluding tert-OH is 2. The van der Waals surface area contributed by atoms with Crippen LogP contribution in [0.3, 0.4) is 0 Å². The fourth-order valence-electron chi connectivity index (χ4n) is 12.7. The number of hydrogen-bond donors (Lipinski definition) is 3. The molecule has 0 aromatic heterocycles. The first-order valence-corrected chi connectivity index (χ1v) is 39.6. The molecule has 0 rings (SSSR count). The lowest BCUT2D eigenvalue weighted by Crippen LogP contribution is -2.45. The fourth-order valence-corrected chi connectivity index (χ4v) is 12.7. The molecule has 0 saturated heterocycles. The Hall–Kier alpha value is -1.66. The van der Waals surface area contributed by atoms with Crippen LogP contribution < -0.4 is 5.32 Å². The number of esters is 1. The van der Waals surface area contributed by atoms with Gasteiger partial charge in [-0.15, -0.1) is 0 Å². The zero-order chi connectivity index (χ0) is 62.0. The van der Waals surface area contributed by atoms with Crippen LogP contribution in [0.25, 0.3) is 0 Å². The van der Waals surface area contributed by atoms with Gasteiger partial charge >= 0.3 is 5.97 Å². The van der Waals surface area contributed by atoms with Crippen LogP contribution in [0.2, 0.25) is 0 Å². The van der Waals surface area contributed by atoms with E-state index in [1.165, 1.54) is 372 Å². The smallest absolute Gasteiger partial charge is 0.305 e. The molecular formula is C80H155NO5. The van der Waals surface area contributed by atoms with E-state index >= 15 is 0 Å². The van der Waals surface area contributed by atoms with Gasteiger partial charge in [-0.1, -0.05) is 385 Å². The predicted molar refractivity (Wildman–Crippen MR) is 380 cm³/mol. The standard InChI is InChI=1S/C80H155NO5/c1-3-5-7-9-11-13-15-17-19-20-21-22-23-29-32-35-38-41-45-48-52-56-60-64-68-72-78(83)77(76-82)81-79(84)73-69-65-61-57-53-49-46-42-39-36-33-30-27-25-24-26-28-31-34-37-40-43-47-51-55-59-63-67-71-75-86-80(85)74-70-66-62-58-54-50-44-18-16-14-12-10-8-6-4-2/h18,24,26,44,77-78,82-83H,3-17,19-23,25,27-43,45-76H2,1-2H3,(H,81,84)/b26-24-,44-18-. The second kappa shape index (κ2) is 75.8. The molecule has 0 aliphatic rings. The molecule has 2 atom stereocenters. The largest absolute Gasteiger partial charge is 0.466 e. The number of ether oxygens (including phenoxy) is 1. The number of rotatable bonds is 75. The molecule has 86 heavy (non-hydrogen) atoms. The minimum absolute atomic E-state index is 0.00967. The third kappa shape index (κ3) is 71.4. The minimum atomic E-state index is -0.665. The molecule has 0 aliphatic carbocycles. The Kier molecular flexibility index (Phi) is 74.3. The minimum Gasteiger partial charge on any atom is -0.466 e. The Morgan fingerprint density at radius 2 is 0.547 bits per heavy atom. The van der Waals surface area contributed by atoms with Crippen molar-refractivity contribution < 1.29 is 24.5 Å². The molecule has 3 N–H and O–H groups in total. The molecule has 0 saturated carbocycles. The number of hydrogen-bond acceptors (Lipinski definition) is 5. The van der Waals surface area contributed by atoms with E-state index < -0.39 is 12.1 Å². The van der Waals surface area contributed by atoms with Crippen LogP contribution in [-0.2, 0) is 14.3 Å². The van der Waals surface area contributed by atoms with Crippen molar-refractivity contribution in [3.05, 3.63) is 24.3 Å². The van der Waals surface area contributed by atoms with Crippen molar-refractivity contribution in [2.24, 2.45) is 0 Å². The summed E-state index contributed by atoms with van der Waals surface area (Å²) in [6, 6.07) is -0.542. The molecule has 0 spiro atoms. The van der Waals surface area contributed by atoms with E-state index in [0.29, 0.717) is 25.9 Å². The Morgan fingerprint density at radius 1 is 0.314 bits per heavy atom. The maximum absolute atomic E-state index is 12.6. The van der Waals surface area contributed by atoms with Crippen molar-refractivity contribution in [1.82, 2.24) is 5.32 Å². The van der Waals surface area contributed by atoms with Gasteiger partial charge < -0.3 is 20.3 Å². The van der Waals surface area contributed by atoms with Crippen molar-refractivity contribution in [1.29, 1.82) is 0 Å². The molecule has 0 bridgehead atoms. The number of aliphatic hydroxyl groups is 2. The van der Waals surface area contributed by atoms with Crippen molar-refractivity contribution >= 4 is 11.9 Å². The highest BCUT2D eigenvalue weighted by Crippen LogP contribution is 2.20. The van der Waals surface area contributed by atoms with Gasteiger partial charge in [0.2, 0.25) is 5.91 Å². The highest BCUT2D eigenvalue weighted by atomic mass is 16.5. The first-order valence-electron chi connectivity index (χ1n) is 39.6. The van der Waals surface area contributed by atoms with Crippen molar-refractivity contribution in [2.75, 3.05) is 13.2 Å². The highest BCUT2D eigenvalue weighted by molar-refractivity contribution is 5.76. The first-order chi connectivity index (χ1) is 42.5. The lowest BCUT2D eigenvalue weighted by atomic mass is 10.0. The molecule has 6 nitrogen and oxygen atoms in total. The summed E-state index contributed by atoms with van der Waals surface area (Å²) in [5.74, 6) is -0.0187. The normalized spacial score (nSPS) is 12.6. The van der Waals surface area contributed by atoms with Crippen LogP contribution in [0.4, 0.5) is 0 Å². The zero-order valence-electron chi connectivity index (χ0n) is 58.6. The van der Waals surface area contributed by atoms with E-state index in [-0.39, 0.29) is 18.5 Å². The zero-order valence-corrected chi connectivity index (χ0v) is 58.6. The van der Waals surface area contributed by atoms with Gasteiger partial charge in [0.25, 0.3) is 0 Å². The van der Waals surface area contributed by atoms with E-state index in [0.717, 1.165) is 44.9 Å². The van der Waals surface area contributed by atoms with Crippen LogP contribution in [0, 0.1) is 0 Å². The molecular weight excluding hydrogens is 1050 g/mol. The van der Waals surface area contributed by atoms with E-state index in [1.54, 1.807) is 0 Å². The topological polar surface area (TPSA) is 95.9 Å². The third-order valence-electron chi connectivity index (χ3n) is 18.7. The van der Waals surface area contributed by atoms with Gasteiger partial charge in [0.1, 0.15) is 0 Å². The van der Waals surface area contributed by atoms with Crippen molar-refractivity contribution in [2.45, 2.75) is 463 Å². The van der Waals surface area contributed by atoms with Gasteiger partial charge in [0.05, 0.1) is 25.4 Å². The van der Waals surface area contributed by atoms with Crippen LogP contribution in [-0.4, -0.2) is 47.4 Å².